The Morgan fingerprint density at radius 3 is 2.54 bits per heavy atom. The summed E-state index contributed by atoms with van der Waals surface area (Å²) in [5.41, 5.74) is 3.84. The van der Waals surface area contributed by atoms with Gasteiger partial charge < -0.3 is 10.1 Å². The number of allylic oxidation sites excluding steroid dienone is 1. The number of nitrogens with one attached hydrogen (secondary N) is 1. The van der Waals surface area contributed by atoms with Gasteiger partial charge in [-0.05, 0) is 49.9 Å². The molecule has 0 aliphatic rings. The fraction of sp³-hybridized carbons (Fsp3) is 0.364. The monoisotopic (exact) mass is 353 g/mol. The van der Waals surface area contributed by atoms with Crippen LogP contribution < -0.4 is 9.88 Å². The molecule has 0 saturated heterocycles. The van der Waals surface area contributed by atoms with E-state index in [9.17, 15) is 4.79 Å². The normalized spacial score (nSPS) is 11.1. The first-order valence-corrected chi connectivity index (χ1v) is 9.01. The third kappa shape index (κ3) is 5.45. The maximum absolute atomic E-state index is 12.2. The summed E-state index contributed by atoms with van der Waals surface area (Å²) in [6.07, 6.45) is 4.61. The highest BCUT2D eigenvalue weighted by atomic mass is 16.5. The predicted molar refractivity (Wildman–Crippen MR) is 105 cm³/mol. The van der Waals surface area contributed by atoms with Crippen molar-refractivity contribution in [1.82, 2.24) is 5.32 Å². The molecule has 1 N–H and O–H groups in total. The Bertz CT molecular complexity index is 764. The summed E-state index contributed by atoms with van der Waals surface area (Å²) < 4.78 is 7.36. The highest BCUT2D eigenvalue weighted by molar-refractivity contribution is 5.69. The molecule has 0 saturated carbocycles. The van der Waals surface area contributed by atoms with E-state index in [-0.39, 0.29) is 0 Å². The van der Waals surface area contributed by atoms with Crippen LogP contribution in [0.2, 0.25) is 0 Å². The maximum atomic E-state index is 12.2. The zero-order chi connectivity index (χ0) is 19.2. The highest BCUT2D eigenvalue weighted by Crippen LogP contribution is 2.23. The standard InChI is InChI=1S/C22H28N2O2/c1-6-18-10-12-24(13-11-18)14-15-26-21(25)23-22(4,5)20-9-7-8-19(16-20)17(2)3/h7-13,16H,2,6,14-15H2,1,3-5H3/p+1. The lowest BCUT2D eigenvalue weighted by Gasteiger charge is -2.27. The maximum Gasteiger partial charge on any atom is 0.408 e. The van der Waals surface area contributed by atoms with Gasteiger partial charge >= 0.3 is 6.09 Å². The van der Waals surface area contributed by atoms with Gasteiger partial charge in [0.05, 0.1) is 5.54 Å². The molecular formula is C22H29N2O2+. The van der Waals surface area contributed by atoms with Crippen LogP contribution in [0, 0.1) is 0 Å². The molecule has 0 bridgehead atoms. The molecule has 2 aromatic rings. The van der Waals surface area contributed by atoms with Crippen molar-refractivity contribution in [3.63, 3.8) is 0 Å². The molecule has 0 aliphatic heterocycles. The molecule has 0 aliphatic carbocycles. The van der Waals surface area contributed by atoms with Gasteiger partial charge in [-0.25, -0.2) is 9.36 Å². The molecule has 1 heterocycles. The molecule has 0 atom stereocenters. The topological polar surface area (TPSA) is 42.2 Å². The van der Waals surface area contributed by atoms with E-state index in [0.717, 1.165) is 23.1 Å². The molecule has 4 nitrogen and oxygen atoms in total. The molecule has 26 heavy (non-hydrogen) atoms. The Morgan fingerprint density at radius 1 is 1.23 bits per heavy atom. The fourth-order valence-electron chi connectivity index (χ4n) is 2.65. The van der Waals surface area contributed by atoms with Gasteiger partial charge in [-0.1, -0.05) is 37.3 Å². The average Bonchev–Trinajstić information content (AvgIpc) is 2.62. The number of aromatic nitrogens is 1. The Balaban J connectivity index is 1.89. The number of hydrogen-bond acceptors (Lipinski definition) is 2. The first kappa shape index (κ1) is 19.7. The Kier molecular flexibility index (Phi) is 6.56. The summed E-state index contributed by atoms with van der Waals surface area (Å²) in [5.74, 6) is 0. The van der Waals surface area contributed by atoms with Crippen molar-refractivity contribution in [3.8, 4) is 0 Å². The summed E-state index contributed by atoms with van der Waals surface area (Å²) >= 11 is 0. The lowest BCUT2D eigenvalue weighted by molar-refractivity contribution is -0.697. The first-order valence-electron chi connectivity index (χ1n) is 9.01. The number of amides is 1. The third-order valence-corrected chi connectivity index (χ3v) is 4.44. The molecule has 1 amide bonds. The van der Waals surface area contributed by atoms with E-state index < -0.39 is 11.6 Å². The molecule has 0 radical (unpaired) electrons. The summed E-state index contributed by atoms with van der Waals surface area (Å²) in [6, 6.07) is 12.2. The van der Waals surface area contributed by atoms with Crippen molar-refractivity contribution in [3.05, 3.63) is 72.1 Å². The number of benzene rings is 1. The number of rotatable bonds is 7. The average molecular weight is 353 g/mol. The van der Waals surface area contributed by atoms with E-state index in [1.165, 1.54) is 5.56 Å². The second-order valence-electron chi connectivity index (χ2n) is 7.04. The molecule has 2 rings (SSSR count). The summed E-state index contributed by atoms with van der Waals surface area (Å²) in [7, 11) is 0. The fourth-order valence-corrected chi connectivity index (χ4v) is 2.65. The minimum atomic E-state index is -0.529. The lowest BCUT2D eigenvalue weighted by Crippen LogP contribution is -2.43. The zero-order valence-corrected chi connectivity index (χ0v) is 16.2. The van der Waals surface area contributed by atoms with Gasteiger partial charge in [-0.15, -0.1) is 0 Å². The second kappa shape index (κ2) is 8.65. The van der Waals surface area contributed by atoms with Gasteiger partial charge in [0, 0.05) is 12.1 Å². The number of nitrogens with zero attached hydrogens (tertiary/aromatic N) is 1. The SMILES string of the molecule is C=C(C)c1cccc(C(C)(C)NC(=O)OCC[n+]2ccc(CC)cc2)c1. The smallest absolute Gasteiger partial charge is 0.408 e. The summed E-state index contributed by atoms with van der Waals surface area (Å²) in [5, 5.41) is 2.94. The highest BCUT2D eigenvalue weighted by Gasteiger charge is 2.24. The van der Waals surface area contributed by atoms with Gasteiger partial charge in [0.25, 0.3) is 0 Å². The third-order valence-electron chi connectivity index (χ3n) is 4.44. The van der Waals surface area contributed by atoms with Crippen molar-refractivity contribution >= 4 is 11.7 Å². The van der Waals surface area contributed by atoms with Crippen LogP contribution in [-0.4, -0.2) is 12.7 Å². The van der Waals surface area contributed by atoms with Crippen molar-refractivity contribution in [2.24, 2.45) is 0 Å². The van der Waals surface area contributed by atoms with Crippen LogP contribution in [0.15, 0.2) is 55.4 Å². The number of carbonyl (C=O) groups excluding carboxylic acids is 1. The Hall–Kier alpha value is -2.62. The molecule has 0 unspecified atom stereocenters. The van der Waals surface area contributed by atoms with Gasteiger partial charge in [0.1, 0.15) is 0 Å². The minimum Gasteiger partial charge on any atom is -0.443 e. The van der Waals surface area contributed by atoms with Crippen LogP contribution in [0.5, 0.6) is 0 Å². The molecule has 4 heteroatoms. The molecule has 138 valence electrons. The van der Waals surface area contributed by atoms with Crippen molar-refractivity contribution in [1.29, 1.82) is 0 Å². The van der Waals surface area contributed by atoms with E-state index in [1.807, 2.05) is 62.0 Å². The predicted octanol–water partition coefficient (Wildman–Crippen LogP) is 4.23. The van der Waals surface area contributed by atoms with Crippen LogP contribution in [0.3, 0.4) is 0 Å². The number of carbonyl (C=O) groups is 1. The van der Waals surface area contributed by atoms with Crippen LogP contribution in [-0.2, 0) is 23.2 Å². The molecule has 0 fully saturated rings. The van der Waals surface area contributed by atoms with Gasteiger partial charge in [-0.2, -0.15) is 0 Å². The summed E-state index contributed by atoms with van der Waals surface area (Å²) in [4.78, 5) is 12.2. The lowest BCUT2D eigenvalue weighted by atomic mass is 9.92. The number of ether oxygens (including phenoxy) is 1. The van der Waals surface area contributed by atoms with Crippen LogP contribution in [0.25, 0.3) is 5.57 Å². The number of aryl methyl sites for hydroxylation is 1. The largest absolute Gasteiger partial charge is 0.443 e. The van der Waals surface area contributed by atoms with Crippen LogP contribution in [0.1, 0.15) is 44.4 Å². The first-order chi connectivity index (χ1) is 12.3. The van der Waals surface area contributed by atoms with Crippen LogP contribution in [0.4, 0.5) is 4.79 Å². The Morgan fingerprint density at radius 2 is 1.92 bits per heavy atom. The molecule has 1 aromatic heterocycles. The minimum absolute atomic E-state index is 0.323. The van der Waals surface area contributed by atoms with E-state index in [0.29, 0.717) is 13.2 Å². The summed E-state index contributed by atoms with van der Waals surface area (Å²) in [6.45, 7) is 12.9. The van der Waals surface area contributed by atoms with E-state index >= 15 is 0 Å². The van der Waals surface area contributed by atoms with E-state index in [1.54, 1.807) is 0 Å². The molecule has 0 spiro atoms. The van der Waals surface area contributed by atoms with Crippen molar-refractivity contribution in [2.45, 2.75) is 46.2 Å². The van der Waals surface area contributed by atoms with Gasteiger partial charge in [0.2, 0.25) is 0 Å². The number of alkyl carbamates (subject to hydrolysis) is 1. The second-order valence-corrected chi connectivity index (χ2v) is 7.04. The van der Waals surface area contributed by atoms with E-state index in [2.05, 4.69) is 31.0 Å². The number of hydrogen-bond donors (Lipinski definition) is 1. The molecule has 1 aromatic carbocycles. The van der Waals surface area contributed by atoms with E-state index in [4.69, 9.17) is 4.74 Å². The zero-order valence-electron chi connectivity index (χ0n) is 16.2. The quantitative estimate of drug-likeness (QED) is 0.757. The Labute approximate surface area is 156 Å². The molecular weight excluding hydrogens is 324 g/mol. The van der Waals surface area contributed by atoms with Crippen molar-refractivity contribution in [2.75, 3.05) is 6.61 Å². The van der Waals surface area contributed by atoms with Crippen molar-refractivity contribution < 1.29 is 14.1 Å². The van der Waals surface area contributed by atoms with Crippen LogP contribution >= 0.6 is 0 Å². The number of pyridine rings is 1. The van der Waals surface area contributed by atoms with Gasteiger partial charge in [-0.3, -0.25) is 0 Å². The van der Waals surface area contributed by atoms with Gasteiger partial charge in [0.15, 0.2) is 25.5 Å².